The molecule has 7 nitrogen and oxygen atoms in total. The summed E-state index contributed by atoms with van der Waals surface area (Å²) in [5, 5.41) is 20.3. The normalized spacial score (nSPS) is 10.0. The van der Waals surface area contributed by atoms with E-state index in [0.717, 1.165) is 5.39 Å². The van der Waals surface area contributed by atoms with E-state index in [4.69, 9.17) is 15.1 Å². The van der Waals surface area contributed by atoms with E-state index in [2.05, 4.69) is 10.3 Å². The third-order valence-corrected chi connectivity index (χ3v) is 3.11. The van der Waals surface area contributed by atoms with E-state index in [0.29, 0.717) is 17.7 Å². The smallest absolute Gasteiger partial charge is 0.404 e. The molecule has 118 valence electrons. The highest BCUT2D eigenvalue weighted by Gasteiger charge is 2.17. The zero-order chi connectivity index (χ0) is 16.7. The van der Waals surface area contributed by atoms with E-state index >= 15 is 0 Å². The predicted molar refractivity (Wildman–Crippen MR) is 82.4 cm³/mol. The summed E-state index contributed by atoms with van der Waals surface area (Å²) in [4.78, 5) is 26.8. The number of nitrogens with zero attached hydrogens (tertiary/aromatic N) is 2. The second kappa shape index (κ2) is 7.75. The van der Waals surface area contributed by atoms with Crippen molar-refractivity contribution in [1.29, 1.82) is 5.26 Å². The predicted octanol–water partition coefficient (Wildman–Crippen LogP) is 2.37. The summed E-state index contributed by atoms with van der Waals surface area (Å²) < 4.78 is 5.59. The zero-order valence-corrected chi connectivity index (χ0v) is 12.3. The first-order valence-electron chi connectivity index (χ1n) is 7.01. The van der Waals surface area contributed by atoms with Gasteiger partial charge in [-0.1, -0.05) is 6.07 Å². The number of amides is 1. The summed E-state index contributed by atoms with van der Waals surface area (Å²) in [6, 6.07) is 8.88. The molecule has 1 heterocycles. The molecule has 0 saturated carbocycles. The van der Waals surface area contributed by atoms with Gasteiger partial charge in [-0.3, -0.25) is 9.78 Å². The van der Waals surface area contributed by atoms with E-state index in [1.54, 1.807) is 24.4 Å². The van der Waals surface area contributed by atoms with Crippen LogP contribution in [0.2, 0.25) is 0 Å². The lowest BCUT2D eigenvalue weighted by Gasteiger charge is -2.12. The second-order valence-corrected chi connectivity index (χ2v) is 4.71. The molecule has 0 aliphatic carbocycles. The maximum atomic E-state index is 12.2. The Morgan fingerprint density at radius 3 is 2.91 bits per heavy atom. The molecule has 0 saturated heterocycles. The maximum absolute atomic E-state index is 12.2. The Hall–Kier alpha value is -3.14. The number of benzene rings is 1. The topological polar surface area (TPSA) is 112 Å². The molecule has 0 fully saturated rings. The van der Waals surface area contributed by atoms with Crippen molar-refractivity contribution in [2.45, 2.75) is 12.8 Å². The third-order valence-electron chi connectivity index (χ3n) is 3.11. The largest absolute Gasteiger partial charge is 0.493 e. The fraction of sp³-hybridized carbons (Fsp3) is 0.250. The molecule has 0 aliphatic heterocycles. The molecule has 2 N–H and O–H groups in total. The highest BCUT2D eigenvalue weighted by Crippen LogP contribution is 2.28. The summed E-state index contributed by atoms with van der Waals surface area (Å²) >= 11 is 0. The molecule has 7 heteroatoms. The van der Waals surface area contributed by atoms with Gasteiger partial charge in [0.05, 0.1) is 30.2 Å². The number of pyridine rings is 1. The quantitative estimate of drug-likeness (QED) is 0.599. The Morgan fingerprint density at radius 1 is 1.35 bits per heavy atom. The number of Topliss-reactive ketones (excluding diaryl/α,β-unsaturated/α-hetero) is 1. The van der Waals surface area contributed by atoms with Crippen LogP contribution < -0.4 is 10.1 Å². The first-order chi connectivity index (χ1) is 11.1. The van der Waals surface area contributed by atoms with Crippen molar-refractivity contribution in [3.05, 3.63) is 36.0 Å². The SMILES string of the molecule is N#CCC(=O)c1c(OCCCNC(=O)O)ccc2cccnc12. The molecule has 0 spiro atoms. The number of nitriles is 1. The standard InChI is InChI=1S/C16H15N3O4/c17-7-6-12(20)14-13(23-10-2-9-19-16(21)22)5-4-11-3-1-8-18-15(11)14/h1,3-5,8,19H,2,6,9-10H2,(H,21,22). The van der Waals surface area contributed by atoms with Crippen LogP contribution in [-0.4, -0.2) is 35.1 Å². The molecule has 0 radical (unpaired) electrons. The highest BCUT2D eigenvalue weighted by molar-refractivity contribution is 6.09. The maximum Gasteiger partial charge on any atom is 0.404 e. The van der Waals surface area contributed by atoms with Gasteiger partial charge >= 0.3 is 6.09 Å². The lowest BCUT2D eigenvalue weighted by Crippen LogP contribution is -2.23. The number of carbonyl (C=O) groups excluding carboxylic acids is 1. The molecule has 1 amide bonds. The number of hydrogen-bond acceptors (Lipinski definition) is 5. The zero-order valence-electron chi connectivity index (χ0n) is 12.3. The molecule has 0 atom stereocenters. The van der Waals surface area contributed by atoms with Crippen LogP contribution in [0.25, 0.3) is 10.9 Å². The summed E-state index contributed by atoms with van der Waals surface area (Å²) in [7, 11) is 0. The molecular weight excluding hydrogens is 298 g/mol. The molecule has 23 heavy (non-hydrogen) atoms. The monoisotopic (exact) mass is 313 g/mol. The van der Waals surface area contributed by atoms with Crippen LogP contribution in [0.4, 0.5) is 4.79 Å². The molecule has 0 unspecified atom stereocenters. The van der Waals surface area contributed by atoms with Crippen LogP contribution in [-0.2, 0) is 0 Å². The summed E-state index contributed by atoms with van der Waals surface area (Å²) in [6.07, 6.45) is 0.682. The van der Waals surface area contributed by atoms with Crippen molar-refractivity contribution in [3.8, 4) is 11.8 Å². The van der Waals surface area contributed by atoms with E-state index < -0.39 is 6.09 Å². The number of carbonyl (C=O) groups is 2. The highest BCUT2D eigenvalue weighted by atomic mass is 16.5. The Balaban J connectivity index is 2.21. The van der Waals surface area contributed by atoms with Crippen molar-refractivity contribution < 1.29 is 19.4 Å². The minimum Gasteiger partial charge on any atom is -0.493 e. The first kappa shape index (κ1) is 16.2. The van der Waals surface area contributed by atoms with Gasteiger partial charge in [0.1, 0.15) is 5.75 Å². The first-order valence-corrected chi connectivity index (χ1v) is 7.01. The van der Waals surface area contributed by atoms with E-state index in [9.17, 15) is 9.59 Å². The average molecular weight is 313 g/mol. The minimum absolute atomic E-state index is 0.242. The number of aromatic nitrogens is 1. The van der Waals surface area contributed by atoms with E-state index in [-0.39, 0.29) is 30.9 Å². The van der Waals surface area contributed by atoms with Crippen molar-refractivity contribution in [2.24, 2.45) is 0 Å². The average Bonchev–Trinajstić information content (AvgIpc) is 2.54. The van der Waals surface area contributed by atoms with E-state index in [1.165, 1.54) is 0 Å². The molecule has 2 rings (SSSR count). The van der Waals surface area contributed by atoms with Crippen molar-refractivity contribution in [1.82, 2.24) is 10.3 Å². The van der Waals surface area contributed by atoms with Gasteiger partial charge in [-0.05, 0) is 24.6 Å². The lowest BCUT2D eigenvalue weighted by atomic mass is 10.0. The van der Waals surface area contributed by atoms with Crippen LogP contribution in [0.3, 0.4) is 0 Å². The van der Waals surface area contributed by atoms with Crippen LogP contribution in [0.1, 0.15) is 23.2 Å². The molecule has 0 aliphatic rings. The molecule has 0 bridgehead atoms. The number of ketones is 1. The second-order valence-electron chi connectivity index (χ2n) is 4.71. The van der Waals surface area contributed by atoms with Gasteiger partial charge < -0.3 is 15.2 Å². The molecule has 1 aromatic heterocycles. The summed E-state index contributed by atoms with van der Waals surface area (Å²) in [5.74, 6) is 0.00207. The summed E-state index contributed by atoms with van der Waals surface area (Å²) in [5.41, 5.74) is 0.782. The summed E-state index contributed by atoms with van der Waals surface area (Å²) in [6.45, 7) is 0.494. The number of nitrogens with one attached hydrogen (secondary N) is 1. The van der Waals surface area contributed by atoms with E-state index in [1.807, 2.05) is 12.1 Å². The number of rotatable bonds is 7. The fourth-order valence-electron chi connectivity index (χ4n) is 2.13. The number of carboxylic acid groups (broad SMARTS) is 1. The number of ether oxygens (including phenoxy) is 1. The van der Waals surface area contributed by atoms with Crippen LogP contribution in [0.15, 0.2) is 30.5 Å². The van der Waals surface area contributed by atoms with Gasteiger partial charge in [0, 0.05) is 18.1 Å². The Kier molecular flexibility index (Phi) is 5.47. The van der Waals surface area contributed by atoms with Crippen LogP contribution >= 0.6 is 0 Å². The Morgan fingerprint density at radius 2 is 2.17 bits per heavy atom. The number of hydrogen-bond donors (Lipinski definition) is 2. The van der Waals surface area contributed by atoms with Crippen molar-refractivity contribution >= 4 is 22.8 Å². The third kappa shape index (κ3) is 4.17. The molecule has 2 aromatic rings. The van der Waals surface area contributed by atoms with Gasteiger partial charge in [-0.2, -0.15) is 5.26 Å². The molecular formula is C16H15N3O4. The van der Waals surface area contributed by atoms with Gasteiger partial charge in [-0.15, -0.1) is 0 Å². The minimum atomic E-state index is -1.09. The van der Waals surface area contributed by atoms with Crippen molar-refractivity contribution in [2.75, 3.05) is 13.2 Å². The van der Waals surface area contributed by atoms with Crippen LogP contribution in [0.5, 0.6) is 5.75 Å². The lowest BCUT2D eigenvalue weighted by molar-refractivity contribution is 0.0995. The van der Waals surface area contributed by atoms with Gasteiger partial charge in [0.15, 0.2) is 5.78 Å². The van der Waals surface area contributed by atoms with Gasteiger partial charge in [0.2, 0.25) is 0 Å². The Bertz CT molecular complexity index is 767. The van der Waals surface area contributed by atoms with Gasteiger partial charge in [-0.25, -0.2) is 4.79 Å². The van der Waals surface area contributed by atoms with Crippen LogP contribution in [0, 0.1) is 11.3 Å². The number of fused-ring (bicyclic) bond motifs is 1. The van der Waals surface area contributed by atoms with Gasteiger partial charge in [0.25, 0.3) is 0 Å². The fourth-order valence-corrected chi connectivity index (χ4v) is 2.13. The molecule has 1 aromatic carbocycles. The van der Waals surface area contributed by atoms with Crippen molar-refractivity contribution in [3.63, 3.8) is 0 Å². The Labute approximate surface area is 132 Å².